The van der Waals surface area contributed by atoms with Gasteiger partial charge in [-0.3, -0.25) is 4.79 Å². The van der Waals surface area contributed by atoms with Crippen molar-refractivity contribution < 1.29 is 9.53 Å². The number of thiocarbonyl (C=S) groups is 1. The molecule has 1 aliphatic heterocycles. The molecular weight excluding hydrogens is 260 g/mol. The van der Waals surface area contributed by atoms with E-state index >= 15 is 0 Å². The van der Waals surface area contributed by atoms with Gasteiger partial charge in [-0.05, 0) is 37.5 Å². The molecule has 1 fully saturated rings. The van der Waals surface area contributed by atoms with Crippen LogP contribution >= 0.6 is 12.2 Å². The van der Waals surface area contributed by atoms with Crippen LogP contribution in [0.4, 0.5) is 5.69 Å². The lowest BCUT2D eigenvalue weighted by Crippen LogP contribution is -2.27. The zero-order valence-electron chi connectivity index (χ0n) is 10.9. The van der Waals surface area contributed by atoms with Gasteiger partial charge in [0, 0.05) is 12.1 Å². The lowest BCUT2D eigenvalue weighted by atomic mass is 10.1. The summed E-state index contributed by atoms with van der Waals surface area (Å²) in [5.41, 5.74) is 7.29. The summed E-state index contributed by atoms with van der Waals surface area (Å²) in [6.07, 6.45) is 2.14. The van der Waals surface area contributed by atoms with Crippen LogP contribution in [0.1, 0.15) is 25.3 Å². The molecule has 3 N–H and O–H groups in total. The number of nitrogens with two attached hydrogens (primary N) is 1. The Labute approximate surface area is 118 Å². The summed E-state index contributed by atoms with van der Waals surface area (Å²) in [7, 11) is 0. The van der Waals surface area contributed by atoms with Crippen molar-refractivity contribution in [3.63, 3.8) is 0 Å². The topological polar surface area (TPSA) is 64.4 Å². The summed E-state index contributed by atoms with van der Waals surface area (Å²) in [5.74, 6) is -0.0774. The van der Waals surface area contributed by atoms with E-state index in [0.29, 0.717) is 11.4 Å². The first-order chi connectivity index (χ1) is 9.04. The average Bonchev–Trinajstić information content (AvgIpc) is 2.78. The van der Waals surface area contributed by atoms with Gasteiger partial charge in [-0.1, -0.05) is 24.4 Å². The van der Waals surface area contributed by atoms with Gasteiger partial charge in [-0.25, -0.2) is 0 Å². The summed E-state index contributed by atoms with van der Waals surface area (Å²) in [4.78, 5) is 12.4. The largest absolute Gasteiger partial charge is 0.393 e. The van der Waals surface area contributed by atoms with E-state index in [1.807, 2.05) is 31.2 Å². The fraction of sp³-hybridized carbons (Fsp3) is 0.429. The van der Waals surface area contributed by atoms with Gasteiger partial charge < -0.3 is 15.8 Å². The maximum atomic E-state index is 11.9. The Kier molecular flexibility index (Phi) is 4.50. The van der Waals surface area contributed by atoms with E-state index in [9.17, 15) is 4.79 Å². The summed E-state index contributed by atoms with van der Waals surface area (Å²) in [6.45, 7) is 1.98. The highest BCUT2D eigenvalue weighted by molar-refractivity contribution is 7.80. The number of hydrogen-bond acceptors (Lipinski definition) is 3. The Hall–Kier alpha value is -1.46. The van der Waals surface area contributed by atoms with E-state index in [-0.39, 0.29) is 18.1 Å². The third kappa shape index (κ3) is 4.01. The van der Waals surface area contributed by atoms with Crippen LogP contribution in [0.25, 0.3) is 0 Å². The molecule has 1 amide bonds. The van der Waals surface area contributed by atoms with Gasteiger partial charge in [-0.2, -0.15) is 0 Å². The zero-order valence-corrected chi connectivity index (χ0v) is 11.7. The van der Waals surface area contributed by atoms with Crippen LogP contribution in [-0.4, -0.2) is 23.1 Å². The van der Waals surface area contributed by atoms with E-state index in [0.717, 1.165) is 24.1 Å². The van der Waals surface area contributed by atoms with Crippen LogP contribution in [0, 0.1) is 0 Å². The minimum atomic E-state index is -0.328. The highest BCUT2D eigenvalue weighted by atomic mass is 32.1. The van der Waals surface area contributed by atoms with E-state index in [4.69, 9.17) is 22.7 Å². The van der Waals surface area contributed by atoms with E-state index < -0.39 is 0 Å². The normalized spacial score (nSPS) is 22.2. The zero-order chi connectivity index (χ0) is 13.8. The van der Waals surface area contributed by atoms with Gasteiger partial charge in [0.15, 0.2) is 0 Å². The predicted octanol–water partition coefficient (Wildman–Crippen LogP) is 2.02. The fourth-order valence-electron chi connectivity index (χ4n) is 2.13. The van der Waals surface area contributed by atoms with Crippen molar-refractivity contribution in [2.45, 2.75) is 38.4 Å². The lowest BCUT2D eigenvalue weighted by Gasteiger charge is -2.12. The molecule has 102 valence electrons. The van der Waals surface area contributed by atoms with E-state index in [1.54, 1.807) is 0 Å². The van der Waals surface area contributed by atoms with E-state index in [2.05, 4.69) is 5.32 Å². The molecule has 1 aliphatic rings. The van der Waals surface area contributed by atoms with Crippen LogP contribution in [0.15, 0.2) is 24.3 Å². The van der Waals surface area contributed by atoms with Crippen molar-refractivity contribution in [2.24, 2.45) is 5.73 Å². The lowest BCUT2D eigenvalue weighted by molar-refractivity contribution is -0.126. The van der Waals surface area contributed by atoms with E-state index in [1.165, 1.54) is 0 Å². The summed E-state index contributed by atoms with van der Waals surface area (Å²) < 4.78 is 5.53. The van der Waals surface area contributed by atoms with Crippen molar-refractivity contribution >= 4 is 28.8 Å². The van der Waals surface area contributed by atoms with Gasteiger partial charge in [0.1, 0.15) is 6.10 Å². The molecule has 0 saturated carbocycles. The summed E-state index contributed by atoms with van der Waals surface area (Å²) >= 11 is 4.86. The number of amides is 1. The molecule has 0 spiro atoms. The summed E-state index contributed by atoms with van der Waals surface area (Å²) in [6, 6.07) is 7.52. The quantitative estimate of drug-likeness (QED) is 0.827. The SMILES string of the molecule is CC1CCC(C(=O)Nc2ccc(CC(N)=S)cc2)O1. The van der Waals surface area contributed by atoms with Gasteiger partial charge in [-0.15, -0.1) is 0 Å². The van der Waals surface area contributed by atoms with Crippen LogP contribution in [0.2, 0.25) is 0 Å². The van der Waals surface area contributed by atoms with Crippen molar-refractivity contribution in [2.75, 3.05) is 5.32 Å². The Bertz CT molecular complexity index is 473. The number of rotatable bonds is 4. The molecule has 1 aromatic rings. The molecule has 0 aliphatic carbocycles. The van der Waals surface area contributed by atoms with Gasteiger partial charge >= 0.3 is 0 Å². The molecule has 19 heavy (non-hydrogen) atoms. The number of carbonyl (C=O) groups excluding carboxylic acids is 1. The number of carbonyl (C=O) groups is 1. The Morgan fingerprint density at radius 2 is 2.11 bits per heavy atom. The molecule has 4 nitrogen and oxygen atoms in total. The highest BCUT2D eigenvalue weighted by Crippen LogP contribution is 2.20. The third-order valence-electron chi connectivity index (χ3n) is 3.12. The molecule has 2 unspecified atom stereocenters. The first kappa shape index (κ1) is 14.0. The smallest absolute Gasteiger partial charge is 0.253 e. The highest BCUT2D eigenvalue weighted by Gasteiger charge is 2.27. The van der Waals surface area contributed by atoms with Crippen molar-refractivity contribution in [1.82, 2.24) is 0 Å². The van der Waals surface area contributed by atoms with Crippen LogP contribution < -0.4 is 11.1 Å². The number of benzene rings is 1. The van der Waals surface area contributed by atoms with Gasteiger partial charge in [0.2, 0.25) is 0 Å². The fourth-order valence-corrected chi connectivity index (χ4v) is 2.29. The molecule has 1 heterocycles. The number of ether oxygens (including phenoxy) is 1. The molecule has 1 saturated heterocycles. The molecule has 0 radical (unpaired) electrons. The summed E-state index contributed by atoms with van der Waals surface area (Å²) in [5, 5.41) is 2.86. The number of hydrogen-bond donors (Lipinski definition) is 2. The molecule has 1 aromatic carbocycles. The standard InChI is InChI=1S/C14H18N2O2S/c1-9-2-7-12(18-9)14(17)16-11-5-3-10(4-6-11)8-13(15)19/h3-6,9,12H,2,7-8H2,1H3,(H2,15,19)(H,16,17). The van der Waals surface area contributed by atoms with Crippen LogP contribution in [0.5, 0.6) is 0 Å². The maximum absolute atomic E-state index is 11.9. The van der Waals surface area contributed by atoms with Crippen molar-refractivity contribution in [3.05, 3.63) is 29.8 Å². The molecule has 2 rings (SSSR count). The van der Waals surface area contributed by atoms with Crippen molar-refractivity contribution in [1.29, 1.82) is 0 Å². The molecule has 0 bridgehead atoms. The van der Waals surface area contributed by atoms with Crippen LogP contribution in [-0.2, 0) is 16.0 Å². The molecule has 2 atom stereocenters. The second-order valence-corrected chi connectivity index (χ2v) is 5.37. The van der Waals surface area contributed by atoms with Crippen LogP contribution in [0.3, 0.4) is 0 Å². The Morgan fingerprint density at radius 1 is 1.42 bits per heavy atom. The molecule has 5 heteroatoms. The monoisotopic (exact) mass is 278 g/mol. The number of anilines is 1. The minimum Gasteiger partial charge on any atom is -0.393 e. The van der Waals surface area contributed by atoms with Gasteiger partial charge in [0.25, 0.3) is 5.91 Å². The first-order valence-electron chi connectivity index (χ1n) is 6.38. The second-order valence-electron chi connectivity index (χ2n) is 4.84. The van der Waals surface area contributed by atoms with Gasteiger partial charge in [0.05, 0.1) is 11.1 Å². The molecule has 0 aromatic heterocycles. The maximum Gasteiger partial charge on any atom is 0.253 e. The average molecular weight is 278 g/mol. The molecular formula is C14H18N2O2S. The van der Waals surface area contributed by atoms with Crippen molar-refractivity contribution in [3.8, 4) is 0 Å². The minimum absolute atomic E-state index is 0.0774. The third-order valence-corrected chi connectivity index (χ3v) is 3.27. The second kappa shape index (κ2) is 6.12. The number of nitrogens with one attached hydrogen (secondary N) is 1. The first-order valence-corrected chi connectivity index (χ1v) is 6.79. The Morgan fingerprint density at radius 3 is 2.63 bits per heavy atom. The Balaban J connectivity index is 1.92. The predicted molar refractivity (Wildman–Crippen MR) is 79.1 cm³/mol.